The molecule has 3 N–H and O–H groups in total. The van der Waals surface area contributed by atoms with E-state index >= 15 is 0 Å². The van der Waals surface area contributed by atoms with Crippen molar-refractivity contribution in [1.82, 2.24) is 10.2 Å². The van der Waals surface area contributed by atoms with Crippen molar-refractivity contribution in [1.29, 1.82) is 5.26 Å². The van der Waals surface area contributed by atoms with Crippen LogP contribution in [0.25, 0.3) is 11.3 Å². The SMILES string of the molecule is CCCOc1ccc(-c2[nH]nc3c2C(c2cccc(F)c2)C(C#N)=C(N)O3)cc1. The number of nitrogens with two attached hydrogens (primary N) is 1. The van der Waals surface area contributed by atoms with Crippen molar-refractivity contribution in [2.24, 2.45) is 5.73 Å². The van der Waals surface area contributed by atoms with Gasteiger partial charge in [-0.1, -0.05) is 19.1 Å². The van der Waals surface area contributed by atoms with Crippen molar-refractivity contribution >= 4 is 0 Å². The van der Waals surface area contributed by atoms with E-state index in [-0.39, 0.29) is 17.3 Å². The maximum absolute atomic E-state index is 13.9. The van der Waals surface area contributed by atoms with Crippen LogP contribution in [0, 0.1) is 17.1 Å². The molecule has 0 spiro atoms. The zero-order chi connectivity index (χ0) is 20.4. The summed E-state index contributed by atoms with van der Waals surface area (Å²) in [5.41, 5.74) is 8.93. The number of nitriles is 1. The number of benzene rings is 2. The second-order valence-electron chi connectivity index (χ2n) is 6.67. The summed E-state index contributed by atoms with van der Waals surface area (Å²) in [4.78, 5) is 0. The molecule has 0 saturated carbocycles. The number of nitrogens with zero attached hydrogens (tertiary/aromatic N) is 2. The number of aromatic nitrogens is 2. The second-order valence-corrected chi connectivity index (χ2v) is 6.67. The minimum atomic E-state index is -0.593. The van der Waals surface area contributed by atoms with Gasteiger partial charge in [-0.25, -0.2) is 4.39 Å². The maximum Gasteiger partial charge on any atom is 0.244 e. The maximum atomic E-state index is 13.9. The fourth-order valence-corrected chi connectivity index (χ4v) is 3.42. The summed E-state index contributed by atoms with van der Waals surface area (Å²) in [7, 11) is 0. The first-order chi connectivity index (χ1) is 14.1. The Labute approximate surface area is 167 Å². The zero-order valence-corrected chi connectivity index (χ0v) is 15.8. The van der Waals surface area contributed by atoms with Crippen LogP contribution in [0.15, 0.2) is 60.0 Å². The van der Waals surface area contributed by atoms with Gasteiger partial charge in [0.05, 0.1) is 23.8 Å². The van der Waals surface area contributed by atoms with Crippen LogP contribution in [0.2, 0.25) is 0 Å². The summed E-state index contributed by atoms with van der Waals surface area (Å²) in [6.45, 7) is 2.69. The highest BCUT2D eigenvalue weighted by atomic mass is 19.1. The third kappa shape index (κ3) is 3.41. The first kappa shape index (κ1) is 18.6. The van der Waals surface area contributed by atoms with Crippen molar-refractivity contribution in [3.63, 3.8) is 0 Å². The number of halogens is 1. The Morgan fingerprint density at radius 3 is 2.76 bits per heavy atom. The number of fused-ring (bicyclic) bond motifs is 1. The molecule has 2 heterocycles. The molecule has 7 heteroatoms. The van der Waals surface area contributed by atoms with E-state index in [1.165, 1.54) is 12.1 Å². The predicted molar refractivity (Wildman–Crippen MR) is 106 cm³/mol. The molecule has 6 nitrogen and oxygen atoms in total. The molecule has 2 aromatic carbocycles. The lowest BCUT2D eigenvalue weighted by molar-refractivity contribution is 0.317. The Morgan fingerprint density at radius 1 is 1.28 bits per heavy atom. The van der Waals surface area contributed by atoms with Crippen molar-refractivity contribution in [3.8, 4) is 29.0 Å². The van der Waals surface area contributed by atoms with Gasteiger partial charge in [-0.15, -0.1) is 5.10 Å². The van der Waals surface area contributed by atoms with E-state index in [0.717, 1.165) is 17.7 Å². The number of H-pyrrole nitrogens is 1. The van der Waals surface area contributed by atoms with E-state index in [9.17, 15) is 9.65 Å². The Morgan fingerprint density at radius 2 is 2.07 bits per heavy atom. The van der Waals surface area contributed by atoms with Crippen LogP contribution >= 0.6 is 0 Å². The number of hydrogen-bond acceptors (Lipinski definition) is 5. The van der Waals surface area contributed by atoms with Gasteiger partial charge in [0.15, 0.2) is 0 Å². The molecule has 0 fully saturated rings. The molecule has 1 unspecified atom stereocenters. The predicted octanol–water partition coefficient (Wildman–Crippen LogP) is 4.22. The normalized spacial score (nSPS) is 15.4. The molecule has 0 bridgehead atoms. The quantitative estimate of drug-likeness (QED) is 0.680. The summed E-state index contributed by atoms with van der Waals surface area (Å²) in [5, 5.41) is 16.9. The zero-order valence-electron chi connectivity index (χ0n) is 15.8. The fraction of sp³-hybridized carbons (Fsp3) is 0.182. The van der Waals surface area contributed by atoms with Crippen LogP contribution in [-0.4, -0.2) is 16.8 Å². The van der Waals surface area contributed by atoms with Gasteiger partial charge in [0, 0.05) is 5.56 Å². The lowest BCUT2D eigenvalue weighted by atomic mass is 9.83. The molecule has 4 rings (SSSR count). The van der Waals surface area contributed by atoms with Crippen LogP contribution in [0.4, 0.5) is 4.39 Å². The molecule has 0 aliphatic carbocycles. The molecular formula is C22H19FN4O2. The third-order valence-corrected chi connectivity index (χ3v) is 4.74. The van der Waals surface area contributed by atoms with Gasteiger partial charge in [0.2, 0.25) is 11.8 Å². The summed E-state index contributed by atoms with van der Waals surface area (Å²) in [5.74, 6) is 0.0227. The molecule has 1 aliphatic heterocycles. The van der Waals surface area contributed by atoms with Crippen LogP contribution in [0.5, 0.6) is 11.6 Å². The number of nitrogens with one attached hydrogen (secondary N) is 1. The third-order valence-electron chi connectivity index (χ3n) is 4.74. The average Bonchev–Trinajstić information content (AvgIpc) is 3.14. The fourth-order valence-electron chi connectivity index (χ4n) is 3.42. The van der Waals surface area contributed by atoms with Gasteiger partial charge in [-0.05, 0) is 48.4 Å². The van der Waals surface area contributed by atoms with E-state index in [4.69, 9.17) is 15.2 Å². The van der Waals surface area contributed by atoms with Crippen LogP contribution < -0.4 is 15.2 Å². The number of allylic oxidation sites excluding steroid dienone is 1. The van der Waals surface area contributed by atoms with Gasteiger partial charge in [-0.3, -0.25) is 5.10 Å². The van der Waals surface area contributed by atoms with Gasteiger partial charge in [-0.2, -0.15) is 5.26 Å². The highest BCUT2D eigenvalue weighted by Gasteiger charge is 2.35. The highest BCUT2D eigenvalue weighted by Crippen LogP contribution is 2.45. The summed E-state index contributed by atoms with van der Waals surface area (Å²) in [6.07, 6.45) is 0.924. The Bertz CT molecular complexity index is 1110. The van der Waals surface area contributed by atoms with Crippen molar-refractivity contribution in [2.45, 2.75) is 19.3 Å². The van der Waals surface area contributed by atoms with Crippen LogP contribution in [0.3, 0.4) is 0 Å². The minimum Gasteiger partial charge on any atom is -0.494 e. The Hall–Kier alpha value is -3.79. The second kappa shape index (κ2) is 7.68. The van der Waals surface area contributed by atoms with E-state index in [1.54, 1.807) is 12.1 Å². The smallest absolute Gasteiger partial charge is 0.244 e. The number of aromatic amines is 1. The summed E-state index contributed by atoms with van der Waals surface area (Å²) in [6, 6.07) is 15.7. The van der Waals surface area contributed by atoms with E-state index in [2.05, 4.69) is 16.3 Å². The van der Waals surface area contributed by atoms with Gasteiger partial charge in [0.1, 0.15) is 23.2 Å². The highest BCUT2D eigenvalue weighted by molar-refractivity contribution is 5.71. The van der Waals surface area contributed by atoms with E-state index in [0.29, 0.717) is 23.4 Å². The average molecular weight is 390 g/mol. The molecule has 1 aromatic heterocycles. The number of hydrogen-bond donors (Lipinski definition) is 2. The number of ether oxygens (including phenoxy) is 2. The minimum absolute atomic E-state index is 0.0318. The molecule has 0 amide bonds. The molecule has 0 radical (unpaired) electrons. The molecule has 146 valence electrons. The lowest BCUT2D eigenvalue weighted by Gasteiger charge is -2.24. The number of rotatable bonds is 5. The first-order valence-corrected chi connectivity index (χ1v) is 9.27. The van der Waals surface area contributed by atoms with Crippen LogP contribution in [0.1, 0.15) is 30.4 Å². The lowest BCUT2D eigenvalue weighted by Crippen LogP contribution is -2.21. The Balaban J connectivity index is 1.82. The molecule has 1 atom stereocenters. The Kier molecular flexibility index (Phi) is 4.92. The summed E-state index contributed by atoms with van der Waals surface area (Å²) < 4.78 is 25.1. The first-order valence-electron chi connectivity index (χ1n) is 9.27. The molecule has 3 aromatic rings. The molecule has 29 heavy (non-hydrogen) atoms. The van der Waals surface area contributed by atoms with Crippen molar-refractivity contribution in [3.05, 3.63) is 76.9 Å². The van der Waals surface area contributed by atoms with E-state index < -0.39 is 11.7 Å². The summed E-state index contributed by atoms with van der Waals surface area (Å²) >= 11 is 0. The van der Waals surface area contributed by atoms with Gasteiger partial charge < -0.3 is 15.2 Å². The monoisotopic (exact) mass is 390 g/mol. The topological polar surface area (TPSA) is 97.0 Å². The van der Waals surface area contributed by atoms with Crippen molar-refractivity contribution < 1.29 is 13.9 Å². The largest absolute Gasteiger partial charge is 0.494 e. The van der Waals surface area contributed by atoms with Crippen LogP contribution in [-0.2, 0) is 0 Å². The van der Waals surface area contributed by atoms with Crippen molar-refractivity contribution in [2.75, 3.05) is 6.61 Å². The van der Waals surface area contributed by atoms with Gasteiger partial charge >= 0.3 is 0 Å². The molecule has 1 aliphatic rings. The van der Waals surface area contributed by atoms with Gasteiger partial charge in [0.25, 0.3) is 0 Å². The standard InChI is InChI=1S/C22H19FN4O2/c1-2-10-28-16-8-6-13(7-9-16)20-19-18(14-4-3-5-15(23)11-14)17(12-24)21(25)29-22(19)27-26-20/h3-9,11,18H,2,10,25H2,1H3,(H,26,27). The van der Waals surface area contributed by atoms with E-state index in [1.807, 2.05) is 31.2 Å². The molecular weight excluding hydrogens is 371 g/mol. The molecule has 0 saturated heterocycles.